The summed E-state index contributed by atoms with van der Waals surface area (Å²) >= 11 is 0. The summed E-state index contributed by atoms with van der Waals surface area (Å²) in [5.41, 5.74) is 0.0445. The van der Waals surface area contributed by atoms with Crippen LogP contribution in [0.1, 0.15) is 37.6 Å². The summed E-state index contributed by atoms with van der Waals surface area (Å²) in [5, 5.41) is 11.7. The van der Waals surface area contributed by atoms with Gasteiger partial charge < -0.3 is 10.4 Å². The van der Waals surface area contributed by atoms with Crippen LogP contribution in [0.2, 0.25) is 0 Å². The fraction of sp³-hybridized carbons (Fsp3) is 0.500. The first kappa shape index (κ1) is 19.2. The third kappa shape index (κ3) is 5.35. The van der Waals surface area contributed by atoms with Crippen LogP contribution in [0.15, 0.2) is 29.2 Å². The molecule has 1 atom stereocenters. The van der Waals surface area contributed by atoms with Crippen molar-refractivity contribution in [2.45, 2.75) is 32.1 Å². The standard InChI is InChI=1S/C16H23NO5S/c1-4-23(21,22)14-8-6-5-7-13(14)15(18)17-10-12(16(19)20)9-11(2)3/h5-8,11-12H,4,9-10H2,1-3H3,(H,17,18)(H,19,20). The van der Waals surface area contributed by atoms with E-state index in [2.05, 4.69) is 5.32 Å². The Bertz CT molecular complexity index is 667. The van der Waals surface area contributed by atoms with Gasteiger partial charge in [0.1, 0.15) is 0 Å². The minimum Gasteiger partial charge on any atom is -0.481 e. The van der Waals surface area contributed by atoms with E-state index in [0.29, 0.717) is 6.42 Å². The molecule has 0 bridgehead atoms. The topological polar surface area (TPSA) is 101 Å². The Balaban J connectivity index is 2.93. The highest BCUT2D eigenvalue weighted by atomic mass is 32.2. The first-order valence-corrected chi connectivity index (χ1v) is 9.17. The van der Waals surface area contributed by atoms with Crippen molar-refractivity contribution in [2.24, 2.45) is 11.8 Å². The lowest BCUT2D eigenvalue weighted by molar-refractivity contribution is -0.142. The number of carbonyl (C=O) groups excluding carboxylic acids is 1. The summed E-state index contributed by atoms with van der Waals surface area (Å²) in [6, 6.07) is 5.94. The molecule has 0 saturated carbocycles. The third-order valence-corrected chi connectivity index (χ3v) is 5.25. The second-order valence-electron chi connectivity index (χ2n) is 5.77. The molecule has 0 aliphatic carbocycles. The van der Waals surface area contributed by atoms with Gasteiger partial charge in [-0.15, -0.1) is 0 Å². The van der Waals surface area contributed by atoms with Gasteiger partial charge in [-0.2, -0.15) is 0 Å². The van der Waals surface area contributed by atoms with Gasteiger partial charge in [0, 0.05) is 6.54 Å². The van der Waals surface area contributed by atoms with E-state index in [1.165, 1.54) is 19.1 Å². The summed E-state index contributed by atoms with van der Waals surface area (Å²) in [7, 11) is -3.52. The van der Waals surface area contributed by atoms with Crippen molar-refractivity contribution >= 4 is 21.7 Å². The molecular formula is C16H23NO5S. The average Bonchev–Trinajstić information content (AvgIpc) is 2.50. The van der Waals surface area contributed by atoms with Gasteiger partial charge in [0.25, 0.3) is 5.91 Å². The van der Waals surface area contributed by atoms with Crippen LogP contribution in [0.25, 0.3) is 0 Å². The van der Waals surface area contributed by atoms with Crippen molar-refractivity contribution < 1.29 is 23.1 Å². The molecule has 1 aromatic carbocycles. The molecule has 1 amide bonds. The third-order valence-electron chi connectivity index (χ3n) is 3.46. The molecule has 0 aromatic heterocycles. The lowest BCUT2D eigenvalue weighted by Gasteiger charge is -2.16. The molecule has 128 valence electrons. The van der Waals surface area contributed by atoms with Crippen LogP contribution in [-0.4, -0.2) is 37.7 Å². The Morgan fingerprint density at radius 3 is 2.35 bits per heavy atom. The Morgan fingerprint density at radius 2 is 1.83 bits per heavy atom. The predicted octanol–water partition coefficient (Wildman–Crippen LogP) is 1.96. The van der Waals surface area contributed by atoms with Gasteiger partial charge in [-0.3, -0.25) is 9.59 Å². The number of rotatable bonds is 8. The number of nitrogens with one attached hydrogen (secondary N) is 1. The SMILES string of the molecule is CCS(=O)(=O)c1ccccc1C(=O)NCC(CC(C)C)C(=O)O. The number of amides is 1. The lowest BCUT2D eigenvalue weighted by atomic mass is 9.97. The smallest absolute Gasteiger partial charge is 0.308 e. The molecular weight excluding hydrogens is 318 g/mol. The highest BCUT2D eigenvalue weighted by Gasteiger charge is 2.23. The zero-order valence-electron chi connectivity index (χ0n) is 13.6. The first-order chi connectivity index (χ1) is 10.7. The Hall–Kier alpha value is -1.89. The molecule has 1 rings (SSSR count). The van der Waals surface area contributed by atoms with E-state index >= 15 is 0 Å². The number of hydrogen-bond donors (Lipinski definition) is 2. The molecule has 0 aliphatic rings. The number of benzene rings is 1. The average molecular weight is 341 g/mol. The van der Waals surface area contributed by atoms with Crippen molar-refractivity contribution in [1.29, 1.82) is 0 Å². The van der Waals surface area contributed by atoms with E-state index in [4.69, 9.17) is 0 Å². The van der Waals surface area contributed by atoms with Crippen molar-refractivity contribution in [3.05, 3.63) is 29.8 Å². The minimum absolute atomic E-state index is 0.0317. The molecule has 0 radical (unpaired) electrons. The van der Waals surface area contributed by atoms with Crippen molar-refractivity contribution in [1.82, 2.24) is 5.32 Å². The number of carbonyl (C=O) groups is 2. The monoisotopic (exact) mass is 341 g/mol. The zero-order valence-corrected chi connectivity index (χ0v) is 14.4. The Labute approximate surface area is 136 Å². The van der Waals surface area contributed by atoms with Gasteiger partial charge in [0.05, 0.1) is 22.1 Å². The van der Waals surface area contributed by atoms with Gasteiger partial charge in [-0.25, -0.2) is 8.42 Å². The summed E-state index contributed by atoms with van der Waals surface area (Å²) in [6.07, 6.45) is 0.435. The maximum absolute atomic E-state index is 12.3. The molecule has 0 saturated heterocycles. The minimum atomic E-state index is -3.52. The van der Waals surface area contributed by atoms with Crippen LogP contribution in [0.5, 0.6) is 0 Å². The van der Waals surface area contributed by atoms with Gasteiger partial charge in [-0.05, 0) is 24.5 Å². The van der Waals surface area contributed by atoms with Crippen LogP contribution in [-0.2, 0) is 14.6 Å². The van der Waals surface area contributed by atoms with Crippen LogP contribution < -0.4 is 5.32 Å². The molecule has 6 nitrogen and oxygen atoms in total. The van der Waals surface area contributed by atoms with E-state index < -0.39 is 27.6 Å². The highest BCUT2D eigenvalue weighted by Crippen LogP contribution is 2.17. The molecule has 1 unspecified atom stereocenters. The summed E-state index contributed by atoms with van der Waals surface area (Å²) in [4.78, 5) is 23.5. The van der Waals surface area contributed by atoms with Crippen LogP contribution in [0, 0.1) is 11.8 Å². The second-order valence-corrected chi connectivity index (χ2v) is 8.02. The van der Waals surface area contributed by atoms with Crippen LogP contribution in [0.4, 0.5) is 0 Å². The Kier molecular flexibility index (Phi) is 6.75. The van der Waals surface area contributed by atoms with Crippen molar-refractivity contribution in [2.75, 3.05) is 12.3 Å². The zero-order chi connectivity index (χ0) is 17.6. The molecule has 7 heteroatoms. The molecule has 0 aliphatic heterocycles. The van der Waals surface area contributed by atoms with E-state index in [9.17, 15) is 23.1 Å². The number of aliphatic carboxylic acids is 1. The van der Waals surface area contributed by atoms with E-state index in [1.807, 2.05) is 13.8 Å². The maximum atomic E-state index is 12.3. The predicted molar refractivity (Wildman–Crippen MR) is 87.1 cm³/mol. The lowest BCUT2D eigenvalue weighted by Crippen LogP contribution is -2.34. The summed E-state index contributed by atoms with van der Waals surface area (Å²) in [6.45, 7) is 5.28. The largest absolute Gasteiger partial charge is 0.481 e. The summed E-state index contributed by atoms with van der Waals surface area (Å²) in [5.74, 6) is -2.18. The second kappa shape index (κ2) is 8.10. The van der Waals surface area contributed by atoms with Crippen LogP contribution in [0.3, 0.4) is 0 Å². The van der Waals surface area contributed by atoms with Gasteiger partial charge in [-0.1, -0.05) is 32.9 Å². The molecule has 0 spiro atoms. The quantitative estimate of drug-likeness (QED) is 0.753. The summed E-state index contributed by atoms with van der Waals surface area (Å²) < 4.78 is 24.1. The molecule has 1 aromatic rings. The fourth-order valence-electron chi connectivity index (χ4n) is 2.23. The normalized spacial score (nSPS) is 12.9. The molecule has 0 fully saturated rings. The highest BCUT2D eigenvalue weighted by molar-refractivity contribution is 7.91. The van der Waals surface area contributed by atoms with Crippen molar-refractivity contribution in [3.8, 4) is 0 Å². The number of carboxylic acids is 1. The van der Waals surface area contributed by atoms with E-state index in [-0.39, 0.29) is 28.7 Å². The Morgan fingerprint density at radius 1 is 1.22 bits per heavy atom. The number of carboxylic acid groups (broad SMARTS) is 1. The van der Waals surface area contributed by atoms with Crippen molar-refractivity contribution in [3.63, 3.8) is 0 Å². The molecule has 23 heavy (non-hydrogen) atoms. The van der Waals surface area contributed by atoms with Gasteiger partial charge >= 0.3 is 5.97 Å². The maximum Gasteiger partial charge on any atom is 0.308 e. The fourth-order valence-corrected chi connectivity index (χ4v) is 3.33. The van der Waals surface area contributed by atoms with Crippen LogP contribution >= 0.6 is 0 Å². The van der Waals surface area contributed by atoms with E-state index in [1.54, 1.807) is 12.1 Å². The molecule has 2 N–H and O–H groups in total. The van der Waals surface area contributed by atoms with E-state index in [0.717, 1.165) is 0 Å². The number of hydrogen-bond acceptors (Lipinski definition) is 4. The first-order valence-electron chi connectivity index (χ1n) is 7.51. The number of sulfone groups is 1. The van der Waals surface area contributed by atoms with Gasteiger partial charge in [0.15, 0.2) is 9.84 Å². The van der Waals surface area contributed by atoms with Gasteiger partial charge in [0.2, 0.25) is 0 Å². The molecule has 0 heterocycles.